The largest absolute Gasteiger partial charge is 0.350 e. The molecule has 4 aliphatic carbocycles. The highest BCUT2D eigenvalue weighted by Crippen LogP contribution is 2.55. The van der Waals surface area contributed by atoms with Crippen molar-refractivity contribution in [2.45, 2.75) is 48.4 Å². The van der Waals surface area contributed by atoms with E-state index >= 15 is 0 Å². The Morgan fingerprint density at radius 2 is 1.82 bits per heavy atom. The maximum atomic E-state index is 13.1. The zero-order chi connectivity index (χ0) is 26.2. The average molecular weight is 549 g/mol. The molecule has 9 nitrogen and oxygen atoms in total. The standard InChI is InChI=1S/C27H24N4O5S2/c32-22(29-27-10-14-6-15(11-27)8-16(7-14)12-27)13-37-26-28-19-5-4-17(9-21(19)38-26)30-24(33)18-2-1-3-20(31(35)36)23(18)25(30)34/h1-5,9,14-16H,6-8,10-13H2,(H,29,32). The summed E-state index contributed by atoms with van der Waals surface area (Å²) in [5.41, 5.74) is 0.468. The maximum Gasteiger partial charge on any atom is 0.283 e. The highest BCUT2D eigenvalue weighted by Gasteiger charge is 2.51. The van der Waals surface area contributed by atoms with Gasteiger partial charge in [0.25, 0.3) is 17.5 Å². The minimum absolute atomic E-state index is 0.0175. The Bertz CT molecular complexity index is 1510. The molecule has 0 unspecified atom stereocenters. The van der Waals surface area contributed by atoms with Crippen molar-refractivity contribution in [3.63, 3.8) is 0 Å². The summed E-state index contributed by atoms with van der Waals surface area (Å²) in [6.45, 7) is 0. The van der Waals surface area contributed by atoms with E-state index in [1.807, 2.05) is 0 Å². The number of hydrogen-bond acceptors (Lipinski definition) is 8. The molecule has 11 heteroatoms. The summed E-state index contributed by atoms with van der Waals surface area (Å²) < 4.78 is 1.49. The summed E-state index contributed by atoms with van der Waals surface area (Å²) in [6, 6.07) is 9.09. The van der Waals surface area contributed by atoms with Gasteiger partial charge in [-0.2, -0.15) is 0 Å². The average Bonchev–Trinajstić information content (AvgIpc) is 3.39. The molecule has 5 aliphatic rings. The van der Waals surface area contributed by atoms with Crippen LogP contribution in [0, 0.1) is 27.9 Å². The molecular formula is C27H24N4O5S2. The van der Waals surface area contributed by atoms with E-state index in [4.69, 9.17) is 0 Å². The number of hydrogen-bond donors (Lipinski definition) is 1. The fourth-order valence-electron chi connectivity index (χ4n) is 7.47. The van der Waals surface area contributed by atoms with Crippen molar-refractivity contribution in [2.75, 3.05) is 10.7 Å². The van der Waals surface area contributed by atoms with Gasteiger partial charge in [0, 0.05) is 11.6 Å². The lowest BCUT2D eigenvalue weighted by Gasteiger charge is -2.56. The number of carbonyl (C=O) groups excluding carboxylic acids is 3. The Morgan fingerprint density at radius 3 is 2.50 bits per heavy atom. The van der Waals surface area contributed by atoms with E-state index in [1.165, 1.54) is 60.6 Å². The van der Waals surface area contributed by atoms with Crippen molar-refractivity contribution in [3.8, 4) is 0 Å². The van der Waals surface area contributed by atoms with Crippen LogP contribution in [0.15, 0.2) is 40.7 Å². The molecule has 1 aliphatic heterocycles. The molecule has 2 heterocycles. The first-order chi connectivity index (χ1) is 18.3. The van der Waals surface area contributed by atoms with Gasteiger partial charge < -0.3 is 5.32 Å². The van der Waals surface area contributed by atoms with E-state index in [9.17, 15) is 24.5 Å². The minimum Gasteiger partial charge on any atom is -0.350 e. The highest BCUT2D eigenvalue weighted by molar-refractivity contribution is 8.01. The number of nitrogens with one attached hydrogen (secondary N) is 1. The number of thioether (sulfide) groups is 1. The summed E-state index contributed by atoms with van der Waals surface area (Å²) in [5.74, 6) is 1.33. The van der Waals surface area contributed by atoms with E-state index in [1.54, 1.807) is 18.2 Å². The van der Waals surface area contributed by atoms with E-state index in [0.717, 1.165) is 51.0 Å². The minimum atomic E-state index is -0.711. The second-order valence-corrected chi connectivity index (χ2v) is 13.3. The summed E-state index contributed by atoms with van der Waals surface area (Å²) in [5, 5.41) is 14.8. The molecule has 4 saturated carbocycles. The highest BCUT2D eigenvalue weighted by atomic mass is 32.2. The number of fused-ring (bicyclic) bond motifs is 2. The number of carbonyl (C=O) groups is 3. The quantitative estimate of drug-likeness (QED) is 0.195. The van der Waals surface area contributed by atoms with Crippen LogP contribution >= 0.6 is 23.1 Å². The van der Waals surface area contributed by atoms with Crippen LogP contribution < -0.4 is 10.2 Å². The van der Waals surface area contributed by atoms with Gasteiger partial charge in [0.1, 0.15) is 5.56 Å². The van der Waals surface area contributed by atoms with E-state index < -0.39 is 16.7 Å². The lowest BCUT2D eigenvalue weighted by atomic mass is 9.53. The fraction of sp³-hybridized carbons (Fsp3) is 0.407. The smallest absolute Gasteiger partial charge is 0.283 e. The summed E-state index contributed by atoms with van der Waals surface area (Å²) >= 11 is 2.78. The van der Waals surface area contributed by atoms with Gasteiger partial charge in [0.2, 0.25) is 5.91 Å². The van der Waals surface area contributed by atoms with Crippen molar-refractivity contribution in [2.24, 2.45) is 17.8 Å². The number of rotatable bonds is 6. The lowest BCUT2D eigenvalue weighted by molar-refractivity contribution is -0.385. The molecule has 1 N–H and O–H groups in total. The Hall–Kier alpha value is -3.31. The lowest BCUT2D eigenvalue weighted by Crippen LogP contribution is -2.60. The third-order valence-corrected chi connectivity index (χ3v) is 10.6. The molecule has 4 bridgehead atoms. The molecule has 38 heavy (non-hydrogen) atoms. The molecule has 0 saturated heterocycles. The van der Waals surface area contributed by atoms with E-state index in [2.05, 4.69) is 10.3 Å². The third kappa shape index (κ3) is 3.82. The Kier molecular flexibility index (Phi) is 5.38. The molecule has 3 amide bonds. The van der Waals surface area contributed by atoms with Gasteiger partial charge >= 0.3 is 0 Å². The molecule has 0 radical (unpaired) electrons. The number of aromatic nitrogens is 1. The zero-order valence-electron chi connectivity index (χ0n) is 20.3. The van der Waals surface area contributed by atoms with Crippen LogP contribution in [0.3, 0.4) is 0 Å². The predicted molar refractivity (Wildman–Crippen MR) is 144 cm³/mol. The zero-order valence-corrected chi connectivity index (χ0v) is 22.0. The molecule has 1 aromatic heterocycles. The van der Waals surface area contributed by atoms with Crippen molar-refractivity contribution in [1.29, 1.82) is 0 Å². The van der Waals surface area contributed by atoms with Gasteiger partial charge in [-0.3, -0.25) is 24.5 Å². The van der Waals surface area contributed by atoms with Crippen LogP contribution in [-0.4, -0.2) is 38.9 Å². The van der Waals surface area contributed by atoms with Crippen molar-refractivity contribution >= 4 is 62.4 Å². The second-order valence-electron chi connectivity index (χ2n) is 11.1. The van der Waals surface area contributed by atoms with Crippen molar-refractivity contribution in [3.05, 3.63) is 57.6 Å². The number of nitro benzene ring substituents is 1. The van der Waals surface area contributed by atoms with Crippen LogP contribution in [0.1, 0.15) is 59.2 Å². The number of nitro groups is 1. The number of thiazole rings is 1. The van der Waals surface area contributed by atoms with Gasteiger partial charge in [0.15, 0.2) is 4.34 Å². The van der Waals surface area contributed by atoms with Gasteiger partial charge in [-0.25, -0.2) is 9.88 Å². The number of anilines is 1. The first kappa shape index (κ1) is 23.8. The number of benzene rings is 2. The second kappa shape index (κ2) is 8.60. The molecule has 4 fully saturated rings. The summed E-state index contributed by atoms with van der Waals surface area (Å²) in [6.07, 6.45) is 7.32. The van der Waals surface area contributed by atoms with Gasteiger partial charge in [-0.15, -0.1) is 11.3 Å². The molecule has 194 valence electrons. The molecule has 8 rings (SSSR count). The molecular weight excluding hydrogens is 524 g/mol. The molecule has 0 spiro atoms. The normalized spacial score (nSPS) is 27.3. The van der Waals surface area contributed by atoms with Crippen molar-refractivity contribution < 1.29 is 19.3 Å². The summed E-state index contributed by atoms with van der Waals surface area (Å²) in [7, 11) is 0. The molecule has 0 atom stereocenters. The van der Waals surface area contributed by atoms with E-state index in [0.29, 0.717) is 11.2 Å². The Morgan fingerprint density at radius 1 is 1.11 bits per heavy atom. The number of amides is 3. The summed E-state index contributed by atoms with van der Waals surface area (Å²) in [4.78, 5) is 55.3. The van der Waals surface area contributed by atoms with Gasteiger partial charge in [0.05, 0.1) is 32.1 Å². The van der Waals surface area contributed by atoms with Crippen LogP contribution in [0.25, 0.3) is 10.2 Å². The monoisotopic (exact) mass is 548 g/mol. The molecule has 3 aromatic rings. The number of nitrogens with zero attached hydrogens (tertiary/aromatic N) is 3. The van der Waals surface area contributed by atoms with Gasteiger partial charge in [-0.05, 0) is 80.5 Å². The SMILES string of the molecule is O=C(CSc1nc2ccc(N3C(=O)c4cccc([N+](=O)[O-])c4C3=O)cc2s1)NC12CC3CC(CC(C3)C1)C2. The number of imide groups is 1. The van der Waals surface area contributed by atoms with Gasteiger partial charge in [-0.1, -0.05) is 17.8 Å². The van der Waals surface area contributed by atoms with Crippen LogP contribution in [-0.2, 0) is 4.79 Å². The topological polar surface area (TPSA) is 123 Å². The van der Waals surface area contributed by atoms with E-state index in [-0.39, 0.29) is 34.0 Å². The van der Waals surface area contributed by atoms with Crippen LogP contribution in [0.5, 0.6) is 0 Å². The first-order valence-electron chi connectivity index (χ1n) is 12.8. The first-order valence-corrected chi connectivity index (χ1v) is 14.6. The maximum absolute atomic E-state index is 13.1. The Labute approximate surface area is 226 Å². The van der Waals surface area contributed by atoms with Crippen LogP contribution in [0.2, 0.25) is 0 Å². The molecule has 2 aromatic carbocycles. The van der Waals surface area contributed by atoms with Crippen molar-refractivity contribution in [1.82, 2.24) is 10.3 Å². The Balaban J connectivity index is 1.06. The van der Waals surface area contributed by atoms with Crippen LogP contribution in [0.4, 0.5) is 11.4 Å². The predicted octanol–water partition coefficient (Wildman–Crippen LogP) is 5.18. The fourth-order valence-corrected chi connectivity index (χ4v) is 9.37. The third-order valence-electron chi connectivity index (χ3n) is 8.47.